The zero-order chi connectivity index (χ0) is 14.7. The van der Waals surface area contributed by atoms with Crippen molar-refractivity contribution >= 4 is 11.3 Å². The molecule has 0 aliphatic carbocycles. The van der Waals surface area contributed by atoms with E-state index in [1.807, 2.05) is 11.3 Å². The number of rotatable bonds is 5. The van der Waals surface area contributed by atoms with Crippen molar-refractivity contribution in [2.75, 3.05) is 19.6 Å². The van der Waals surface area contributed by atoms with E-state index in [2.05, 4.69) is 36.1 Å². The van der Waals surface area contributed by atoms with Crippen LogP contribution < -0.4 is 5.73 Å². The first-order valence-corrected chi connectivity index (χ1v) is 8.56. The minimum atomic E-state index is 0.803. The van der Waals surface area contributed by atoms with Gasteiger partial charge in [0.1, 0.15) is 5.01 Å². The lowest BCUT2D eigenvalue weighted by Gasteiger charge is -2.25. The zero-order valence-electron chi connectivity index (χ0n) is 12.6. The molecule has 2 aromatic rings. The van der Waals surface area contributed by atoms with Crippen LogP contribution >= 0.6 is 11.3 Å². The van der Waals surface area contributed by atoms with Crippen molar-refractivity contribution in [1.29, 1.82) is 0 Å². The molecule has 1 aliphatic heterocycles. The number of thiazole rings is 1. The van der Waals surface area contributed by atoms with Crippen molar-refractivity contribution < 1.29 is 0 Å². The first kappa shape index (κ1) is 14.7. The summed E-state index contributed by atoms with van der Waals surface area (Å²) in [5.41, 5.74) is 9.48. The normalized spacial score (nSPS) is 15.1. The predicted octanol–water partition coefficient (Wildman–Crippen LogP) is 3.22. The molecule has 0 saturated heterocycles. The molecule has 1 aliphatic rings. The molecule has 0 radical (unpaired) electrons. The highest BCUT2D eigenvalue weighted by atomic mass is 32.1. The van der Waals surface area contributed by atoms with Gasteiger partial charge in [-0.25, -0.2) is 4.98 Å². The summed E-state index contributed by atoms with van der Waals surface area (Å²) in [6, 6.07) is 8.53. The van der Waals surface area contributed by atoms with Crippen molar-refractivity contribution in [2.45, 2.75) is 32.7 Å². The Hall–Kier alpha value is -1.23. The van der Waals surface area contributed by atoms with Crippen molar-refractivity contribution in [1.82, 2.24) is 9.88 Å². The molecule has 21 heavy (non-hydrogen) atoms. The molecule has 0 atom stereocenters. The van der Waals surface area contributed by atoms with E-state index in [9.17, 15) is 0 Å². The van der Waals surface area contributed by atoms with Gasteiger partial charge in [0.05, 0.1) is 5.69 Å². The van der Waals surface area contributed by atoms with E-state index in [4.69, 9.17) is 10.7 Å². The van der Waals surface area contributed by atoms with E-state index < -0.39 is 0 Å². The molecule has 0 saturated carbocycles. The molecular formula is C17H23N3S. The van der Waals surface area contributed by atoms with E-state index in [1.54, 1.807) is 0 Å². The summed E-state index contributed by atoms with van der Waals surface area (Å²) in [5.74, 6) is 0. The fraction of sp³-hybridized carbons (Fsp3) is 0.471. The number of hydrogen-bond donors (Lipinski definition) is 1. The fourth-order valence-corrected chi connectivity index (χ4v) is 4.09. The SMILES string of the molecule is Cc1ccccc1-c1nc2c(s1)CN(CCCCN)CC2. The Morgan fingerprint density at radius 1 is 1.29 bits per heavy atom. The predicted molar refractivity (Wildman–Crippen MR) is 89.6 cm³/mol. The van der Waals surface area contributed by atoms with Gasteiger partial charge in [0, 0.05) is 30.0 Å². The number of unbranched alkanes of at least 4 members (excludes halogenated alkanes) is 1. The summed E-state index contributed by atoms with van der Waals surface area (Å²) in [6.45, 7) is 6.32. The van der Waals surface area contributed by atoms with Crippen LogP contribution in [0.2, 0.25) is 0 Å². The molecule has 2 N–H and O–H groups in total. The Morgan fingerprint density at radius 2 is 2.14 bits per heavy atom. The largest absolute Gasteiger partial charge is 0.330 e. The number of aryl methyl sites for hydroxylation is 1. The lowest BCUT2D eigenvalue weighted by Crippen LogP contribution is -2.31. The van der Waals surface area contributed by atoms with Gasteiger partial charge in [-0.1, -0.05) is 24.3 Å². The highest BCUT2D eigenvalue weighted by molar-refractivity contribution is 7.15. The third-order valence-corrected chi connectivity index (χ3v) is 5.23. The van der Waals surface area contributed by atoms with Crippen molar-refractivity contribution in [3.8, 4) is 10.6 Å². The molecule has 1 aromatic heterocycles. The molecule has 1 aromatic carbocycles. The first-order chi connectivity index (χ1) is 10.3. The van der Waals surface area contributed by atoms with Gasteiger partial charge < -0.3 is 5.73 Å². The van der Waals surface area contributed by atoms with Gasteiger partial charge >= 0.3 is 0 Å². The molecule has 4 heteroatoms. The van der Waals surface area contributed by atoms with Crippen molar-refractivity contribution in [3.05, 3.63) is 40.4 Å². The lowest BCUT2D eigenvalue weighted by atomic mass is 10.1. The smallest absolute Gasteiger partial charge is 0.124 e. The summed E-state index contributed by atoms with van der Waals surface area (Å²) in [7, 11) is 0. The van der Waals surface area contributed by atoms with Crippen LogP contribution in [0.3, 0.4) is 0 Å². The lowest BCUT2D eigenvalue weighted by molar-refractivity contribution is 0.251. The van der Waals surface area contributed by atoms with Gasteiger partial charge in [-0.15, -0.1) is 11.3 Å². The highest BCUT2D eigenvalue weighted by Gasteiger charge is 2.21. The summed E-state index contributed by atoms with van der Waals surface area (Å²) in [5, 5.41) is 1.18. The Kier molecular flexibility index (Phi) is 4.68. The van der Waals surface area contributed by atoms with Crippen LogP contribution in [0.25, 0.3) is 10.6 Å². The summed E-state index contributed by atoms with van der Waals surface area (Å²) in [6.07, 6.45) is 3.41. The first-order valence-electron chi connectivity index (χ1n) is 7.75. The van der Waals surface area contributed by atoms with Crippen LogP contribution in [0.1, 0.15) is 29.0 Å². The maximum atomic E-state index is 5.58. The molecule has 0 fully saturated rings. The highest BCUT2D eigenvalue weighted by Crippen LogP contribution is 2.33. The van der Waals surface area contributed by atoms with Gasteiger partial charge in [0.25, 0.3) is 0 Å². The molecule has 0 bridgehead atoms. The number of hydrogen-bond acceptors (Lipinski definition) is 4. The number of fused-ring (bicyclic) bond motifs is 1. The second kappa shape index (κ2) is 6.69. The average molecular weight is 301 g/mol. The van der Waals surface area contributed by atoms with E-state index in [1.165, 1.54) is 33.1 Å². The van der Waals surface area contributed by atoms with Crippen LogP contribution in [0, 0.1) is 6.92 Å². The molecule has 0 spiro atoms. The quantitative estimate of drug-likeness (QED) is 0.862. The van der Waals surface area contributed by atoms with Crippen molar-refractivity contribution in [3.63, 3.8) is 0 Å². The van der Waals surface area contributed by atoms with Crippen LogP contribution in [0.4, 0.5) is 0 Å². The molecule has 0 unspecified atom stereocenters. The van der Waals surface area contributed by atoms with Crippen LogP contribution in [0.15, 0.2) is 24.3 Å². The van der Waals surface area contributed by atoms with Gasteiger partial charge in [0.2, 0.25) is 0 Å². The monoisotopic (exact) mass is 301 g/mol. The third kappa shape index (κ3) is 3.34. The van der Waals surface area contributed by atoms with Gasteiger partial charge in [0.15, 0.2) is 0 Å². The molecule has 3 rings (SSSR count). The number of aromatic nitrogens is 1. The number of benzene rings is 1. The molecule has 0 amide bonds. The average Bonchev–Trinajstić information content (AvgIpc) is 2.91. The number of nitrogens with zero attached hydrogens (tertiary/aromatic N) is 2. The Labute approximate surface area is 130 Å². The van der Waals surface area contributed by atoms with Crippen LogP contribution in [0.5, 0.6) is 0 Å². The summed E-state index contributed by atoms with van der Waals surface area (Å²) in [4.78, 5) is 8.88. The van der Waals surface area contributed by atoms with Gasteiger partial charge in [-0.2, -0.15) is 0 Å². The Balaban J connectivity index is 1.74. The second-order valence-corrected chi connectivity index (χ2v) is 6.81. The summed E-state index contributed by atoms with van der Waals surface area (Å²) >= 11 is 1.87. The second-order valence-electron chi connectivity index (χ2n) is 5.73. The van der Waals surface area contributed by atoms with Gasteiger partial charge in [-0.3, -0.25) is 4.90 Å². The van der Waals surface area contributed by atoms with Crippen LogP contribution in [-0.4, -0.2) is 29.5 Å². The van der Waals surface area contributed by atoms with Crippen LogP contribution in [-0.2, 0) is 13.0 Å². The molecule has 112 valence electrons. The fourth-order valence-electron chi connectivity index (χ4n) is 2.85. The Morgan fingerprint density at radius 3 is 2.95 bits per heavy atom. The van der Waals surface area contributed by atoms with E-state index >= 15 is 0 Å². The van der Waals surface area contributed by atoms with Crippen molar-refractivity contribution in [2.24, 2.45) is 5.73 Å². The molecule has 2 heterocycles. The Bertz CT molecular complexity index is 606. The standard InChI is InChI=1S/C17H23N3S/c1-13-6-2-3-7-14(13)17-19-15-8-11-20(10-5-4-9-18)12-16(15)21-17/h2-3,6-7H,4-5,8-12,18H2,1H3. The maximum absolute atomic E-state index is 5.58. The number of nitrogens with two attached hydrogens (primary N) is 1. The zero-order valence-corrected chi connectivity index (χ0v) is 13.5. The minimum absolute atomic E-state index is 0.803. The van der Waals surface area contributed by atoms with E-state index in [-0.39, 0.29) is 0 Å². The maximum Gasteiger partial charge on any atom is 0.124 e. The minimum Gasteiger partial charge on any atom is -0.330 e. The molecular weight excluding hydrogens is 278 g/mol. The topological polar surface area (TPSA) is 42.2 Å². The third-order valence-electron chi connectivity index (χ3n) is 4.11. The van der Waals surface area contributed by atoms with E-state index in [0.717, 1.165) is 39.0 Å². The molecule has 3 nitrogen and oxygen atoms in total. The van der Waals surface area contributed by atoms with Gasteiger partial charge in [-0.05, 0) is 38.4 Å². The summed E-state index contributed by atoms with van der Waals surface area (Å²) < 4.78 is 0. The van der Waals surface area contributed by atoms with E-state index in [0.29, 0.717) is 0 Å².